The van der Waals surface area contributed by atoms with Gasteiger partial charge in [-0.3, -0.25) is 14.6 Å². The monoisotopic (exact) mass is 399 g/mol. The molecule has 7 nitrogen and oxygen atoms in total. The third-order valence-corrected chi connectivity index (χ3v) is 5.34. The van der Waals surface area contributed by atoms with Gasteiger partial charge < -0.3 is 19.0 Å². The highest BCUT2D eigenvalue weighted by Crippen LogP contribution is 2.17. The normalized spacial score (nSPS) is 17.1. The van der Waals surface area contributed by atoms with Crippen molar-refractivity contribution in [1.29, 1.82) is 0 Å². The standard InChI is InChI=1S/C22H29N3O4/c1-3-17(2)25(22(27)18-8-10-23-11-9-18)16-21(26)24(14-19-6-4-12-28-19)15-20-7-5-13-29-20/h4,6,8-12,17,20H,3,5,7,13-16H2,1-2H3/t17-,20+/m0/s1. The first-order chi connectivity index (χ1) is 14.1. The number of aromatic nitrogens is 1. The zero-order valence-corrected chi connectivity index (χ0v) is 17.1. The van der Waals surface area contributed by atoms with E-state index in [1.165, 1.54) is 0 Å². The van der Waals surface area contributed by atoms with Crippen molar-refractivity contribution in [2.75, 3.05) is 19.7 Å². The van der Waals surface area contributed by atoms with Crippen LogP contribution in [0.25, 0.3) is 0 Å². The van der Waals surface area contributed by atoms with E-state index in [0.29, 0.717) is 24.4 Å². The number of hydrogen-bond acceptors (Lipinski definition) is 5. The van der Waals surface area contributed by atoms with Gasteiger partial charge in [0.05, 0.1) is 18.9 Å². The van der Waals surface area contributed by atoms with Crippen LogP contribution in [0.3, 0.4) is 0 Å². The molecule has 0 N–H and O–H groups in total. The number of carbonyl (C=O) groups excluding carboxylic acids is 2. The molecule has 29 heavy (non-hydrogen) atoms. The summed E-state index contributed by atoms with van der Waals surface area (Å²) in [6, 6.07) is 6.95. The van der Waals surface area contributed by atoms with Crippen LogP contribution in [0.1, 0.15) is 49.2 Å². The van der Waals surface area contributed by atoms with E-state index in [9.17, 15) is 9.59 Å². The highest BCUT2D eigenvalue weighted by atomic mass is 16.5. The summed E-state index contributed by atoms with van der Waals surface area (Å²) in [6.07, 6.45) is 7.51. The maximum absolute atomic E-state index is 13.2. The molecule has 7 heteroatoms. The Bertz CT molecular complexity index is 773. The van der Waals surface area contributed by atoms with E-state index in [2.05, 4.69) is 4.98 Å². The first-order valence-corrected chi connectivity index (χ1v) is 10.2. The Morgan fingerprint density at radius 2 is 2.07 bits per heavy atom. The molecule has 2 aromatic rings. The summed E-state index contributed by atoms with van der Waals surface area (Å²) in [6.45, 7) is 5.58. The van der Waals surface area contributed by atoms with Crippen LogP contribution in [0, 0.1) is 0 Å². The van der Waals surface area contributed by atoms with Crippen molar-refractivity contribution in [3.8, 4) is 0 Å². The van der Waals surface area contributed by atoms with Gasteiger partial charge in [0.15, 0.2) is 0 Å². The predicted octanol–water partition coefficient (Wildman–Crippen LogP) is 3.12. The number of carbonyl (C=O) groups is 2. The van der Waals surface area contributed by atoms with Gasteiger partial charge in [-0.2, -0.15) is 0 Å². The van der Waals surface area contributed by atoms with Gasteiger partial charge in [0.1, 0.15) is 12.3 Å². The number of amides is 2. The van der Waals surface area contributed by atoms with Crippen LogP contribution in [0.15, 0.2) is 47.3 Å². The lowest BCUT2D eigenvalue weighted by Crippen LogP contribution is -2.47. The molecule has 1 aliphatic heterocycles. The molecule has 1 fully saturated rings. The fraction of sp³-hybridized carbons (Fsp3) is 0.500. The minimum atomic E-state index is -0.162. The molecule has 0 aliphatic carbocycles. The van der Waals surface area contributed by atoms with E-state index in [1.807, 2.05) is 26.0 Å². The van der Waals surface area contributed by atoms with Crippen molar-refractivity contribution < 1.29 is 18.7 Å². The molecule has 156 valence electrons. The van der Waals surface area contributed by atoms with E-state index in [0.717, 1.165) is 25.9 Å². The maximum Gasteiger partial charge on any atom is 0.254 e. The van der Waals surface area contributed by atoms with E-state index >= 15 is 0 Å². The second-order valence-electron chi connectivity index (χ2n) is 7.41. The Hall–Kier alpha value is -2.67. The van der Waals surface area contributed by atoms with Crippen LogP contribution >= 0.6 is 0 Å². The van der Waals surface area contributed by atoms with Crippen LogP contribution in [0.5, 0.6) is 0 Å². The summed E-state index contributed by atoms with van der Waals surface area (Å²) < 4.78 is 11.2. The summed E-state index contributed by atoms with van der Waals surface area (Å²) in [7, 11) is 0. The average molecular weight is 399 g/mol. The molecule has 1 saturated heterocycles. The predicted molar refractivity (Wildman–Crippen MR) is 108 cm³/mol. The third-order valence-electron chi connectivity index (χ3n) is 5.34. The smallest absolute Gasteiger partial charge is 0.254 e. The minimum absolute atomic E-state index is 0.0175. The van der Waals surface area contributed by atoms with E-state index in [-0.39, 0.29) is 30.5 Å². The van der Waals surface area contributed by atoms with Crippen molar-refractivity contribution >= 4 is 11.8 Å². The molecular formula is C22H29N3O4. The van der Waals surface area contributed by atoms with Crippen LogP contribution < -0.4 is 0 Å². The summed E-state index contributed by atoms with van der Waals surface area (Å²) in [4.78, 5) is 33.6. The quantitative estimate of drug-likeness (QED) is 0.648. The number of rotatable bonds is 9. The first-order valence-electron chi connectivity index (χ1n) is 10.2. The lowest BCUT2D eigenvalue weighted by molar-refractivity contribution is -0.134. The topological polar surface area (TPSA) is 75.9 Å². The zero-order valence-electron chi connectivity index (χ0n) is 17.1. The van der Waals surface area contributed by atoms with Gasteiger partial charge in [-0.1, -0.05) is 6.92 Å². The highest BCUT2D eigenvalue weighted by molar-refractivity contribution is 5.96. The first kappa shape index (κ1) is 21.0. The number of hydrogen-bond donors (Lipinski definition) is 0. The lowest BCUT2D eigenvalue weighted by Gasteiger charge is -2.32. The Morgan fingerprint density at radius 3 is 2.69 bits per heavy atom. The second-order valence-corrected chi connectivity index (χ2v) is 7.41. The summed E-state index contributed by atoms with van der Waals surface area (Å²) in [5.41, 5.74) is 0.532. The van der Waals surface area contributed by atoms with Crippen LogP contribution in [-0.4, -0.2) is 58.4 Å². The molecule has 1 aliphatic rings. The lowest BCUT2D eigenvalue weighted by atomic mass is 10.1. The molecule has 2 aromatic heterocycles. The molecular weight excluding hydrogens is 370 g/mol. The maximum atomic E-state index is 13.2. The molecule has 0 aromatic carbocycles. The van der Waals surface area contributed by atoms with Crippen molar-refractivity contribution in [2.45, 2.75) is 51.8 Å². The van der Waals surface area contributed by atoms with E-state index in [1.54, 1.807) is 40.6 Å². The largest absolute Gasteiger partial charge is 0.467 e. The van der Waals surface area contributed by atoms with Crippen LogP contribution in [0.4, 0.5) is 0 Å². The molecule has 3 rings (SSSR count). The van der Waals surface area contributed by atoms with Gasteiger partial charge in [0, 0.05) is 37.2 Å². The average Bonchev–Trinajstić information content (AvgIpc) is 3.45. The number of pyridine rings is 1. The molecule has 0 unspecified atom stereocenters. The summed E-state index contributed by atoms with van der Waals surface area (Å²) in [5.74, 6) is 0.441. The van der Waals surface area contributed by atoms with Crippen molar-refractivity contribution in [3.63, 3.8) is 0 Å². The Kier molecular flexibility index (Phi) is 7.41. The van der Waals surface area contributed by atoms with Crippen molar-refractivity contribution in [3.05, 3.63) is 54.2 Å². The van der Waals surface area contributed by atoms with Crippen molar-refractivity contribution in [1.82, 2.24) is 14.8 Å². The van der Waals surface area contributed by atoms with Crippen LogP contribution in [0.2, 0.25) is 0 Å². The minimum Gasteiger partial charge on any atom is -0.467 e. The second kappa shape index (κ2) is 10.2. The summed E-state index contributed by atoms with van der Waals surface area (Å²) >= 11 is 0. The molecule has 0 spiro atoms. The highest BCUT2D eigenvalue weighted by Gasteiger charge is 2.28. The molecule has 2 amide bonds. The van der Waals surface area contributed by atoms with Gasteiger partial charge in [0.25, 0.3) is 5.91 Å². The number of furan rings is 1. The van der Waals surface area contributed by atoms with Gasteiger partial charge >= 0.3 is 0 Å². The van der Waals surface area contributed by atoms with Gasteiger partial charge in [-0.05, 0) is 50.5 Å². The van der Waals surface area contributed by atoms with Gasteiger partial charge in [-0.25, -0.2) is 0 Å². The molecule has 0 radical (unpaired) electrons. The SMILES string of the molecule is CC[C@H](C)N(CC(=O)N(Cc1ccco1)C[C@H]1CCCO1)C(=O)c1ccncc1. The Labute approximate surface area is 171 Å². The Balaban J connectivity index is 1.75. The molecule has 3 heterocycles. The molecule has 0 bridgehead atoms. The van der Waals surface area contributed by atoms with Crippen molar-refractivity contribution in [2.24, 2.45) is 0 Å². The summed E-state index contributed by atoms with van der Waals surface area (Å²) in [5, 5.41) is 0. The van der Waals surface area contributed by atoms with E-state index < -0.39 is 0 Å². The Morgan fingerprint density at radius 1 is 1.28 bits per heavy atom. The van der Waals surface area contributed by atoms with Gasteiger partial charge in [-0.15, -0.1) is 0 Å². The molecule has 2 atom stereocenters. The number of nitrogens with zero attached hydrogens (tertiary/aromatic N) is 3. The van der Waals surface area contributed by atoms with Crippen LogP contribution in [-0.2, 0) is 16.1 Å². The van der Waals surface area contributed by atoms with Gasteiger partial charge in [0.2, 0.25) is 5.91 Å². The zero-order chi connectivity index (χ0) is 20.6. The fourth-order valence-electron chi connectivity index (χ4n) is 3.43. The van der Waals surface area contributed by atoms with E-state index in [4.69, 9.17) is 9.15 Å². The number of ether oxygens (including phenoxy) is 1. The third kappa shape index (κ3) is 5.67. The fourth-order valence-corrected chi connectivity index (χ4v) is 3.43. The molecule has 0 saturated carbocycles.